The second-order valence-corrected chi connectivity index (χ2v) is 7.53. The summed E-state index contributed by atoms with van der Waals surface area (Å²) in [5.74, 6) is -2.13. The normalized spacial score (nSPS) is 18.8. The number of nitro groups is 2. The van der Waals surface area contributed by atoms with Crippen LogP contribution >= 0.6 is 0 Å². The van der Waals surface area contributed by atoms with E-state index in [1.165, 1.54) is 6.92 Å². The zero-order valence-corrected chi connectivity index (χ0v) is 16.9. The van der Waals surface area contributed by atoms with Crippen LogP contribution in [0.3, 0.4) is 0 Å². The number of nitrogens with zero attached hydrogens (tertiary/aromatic N) is 3. The zero-order chi connectivity index (χ0) is 22.9. The Morgan fingerprint density at radius 1 is 1.20 bits per heavy atom. The van der Waals surface area contributed by atoms with Gasteiger partial charge in [0.1, 0.15) is 5.60 Å². The van der Waals surface area contributed by atoms with E-state index in [4.69, 9.17) is 9.47 Å². The van der Waals surface area contributed by atoms with Crippen molar-refractivity contribution in [3.63, 3.8) is 0 Å². The number of likely N-dealkylation sites (tertiary alicyclic amines) is 1. The van der Waals surface area contributed by atoms with Gasteiger partial charge in [-0.1, -0.05) is 0 Å². The molecule has 1 aliphatic heterocycles. The minimum atomic E-state index is -2.20. The first-order valence-corrected chi connectivity index (χ1v) is 9.00. The summed E-state index contributed by atoms with van der Waals surface area (Å²) >= 11 is 0. The predicted octanol–water partition coefficient (Wildman–Crippen LogP) is 2.47. The molecule has 1 atom stereocenters. The topological polar surface area (TPSA) is 159 Å². The van der Waals surface area contributed by atoms with Crippen LogP contribution in [0, 0.1) is 20.2 Å². The van der Waals surface area contributed by atoms with E-state index in [1.54, 1.807) is 20.8 Å². The molecule has 0 aromatic heterocycles. The number of esters is 1. The molecule has 0 N–H and O–H groups in total. The monoisotopic (exact) mass is 423 g/mol. The Kier molecular flexibility index (Phi) is 6.09. The van der Waals surface area contributed by atoms with E-state index < -0.39 is 50.2 Å². The van der Waals surface area contributed by atoms with Crippen molar-refractivity contribution in [1.82, 2.24) is 4.90 Å². The van der Waals surface area contributed by atoms with Crippen molar-refractivity contribution in [2.75, 3.05) is 13.2 Å². The number of hydrogen-bond donors (Lipinski definition) is 0. The summed E-state index contributed by atoms with van der Waals surface area (Å²) in [5, 5.41) is 22.6. The van der Waals surface area contributed by atoms with E-state index >= 15 is 0 Å². The largest absolute Gasteiger partial charge is 0.465 e. The fraction of sp³-hybridized carbons (Fsp3) is 0.500. The number of carbonyl (C=O) groups is 3. The molecule has 1 aliphatic rings. The summed E-state index contributed by atoms with van der Waals surface area (Å²) in [6.07, 6.45) is -1.31. The van der Waals surface area contributed by atoms with Gasteiger partial charge in [-0.2, -0.15) is 0 Å². The highest BCUT2D eigenvalue weighted by molar-refractivity contribution is 6.14. The van der Waals surface area contributed by atoms with Gasteiger partial charge in [0, 0.05) is 12.6 Å². The highest BCUT2D eigenvalue weighted by atomic mass is 16.6. The zero-order valence-electron chi connectivity index (χ0n) is 16.9. The van der Waals surface area contributed by atoms with Crippen LogP contribution in [-0.4, -0.2) is 51.5 Å². The molecule has 12 nitrogen and oxygen atoms in total. The molecule has 162 valence electrons. The standard InChI is InChI=1S/C18H21N3O9/c1-5-29-15(23)18(8-9-19(14(18)22)16(24)30-17(2,3)4)12-7-6-11(20(25)26)10-13(12)21(27)28/h6-7,10H,5,8-9H2,1-4H3/t18-/m0/s1. The van der Waals surface area contributed by atoms with Crippen molar-refractivity contribution in [2.45, 2.75) is 45.1 Å². The quantitative estimate of drug-likeness (QED) is 0.300. The Bertz CT molecular complexity index is 922. The second kappa shape index (κ2) is 8.05. The molecule has 0 saturated carbocycles. The number of rotatable bonds is 5. The summed E-state index contributed by atoms with van der Waals surface area (Å²) in [6, 6.07) is 2.59. The van der Waals surface area contributed by atoms with Crippen LogP contribution in [0.2, 0.25) is 0 Å². The van der Waals surface area contributed by atoms with Gasteiger partial charge >= 0.3 is 12.1 Å². The number of ether oxygens (including phenoxy) is 2. The molecule has 0 unspecified atom stereocenters. The lowest BCUT2D eigenvalue weighted by molar-refractivity contribution is -0.394. The van der Waals surface area contributed by atoms with Gasteiger partial charge in [-0.05, 0) is 40.2 Å². The predicted molar refractivity (Wildman–Crippen MR) is 101 cm³/mol. The lowest BCUT2D eigenvalue weighted by Crippen LogP contribution is -2.48. The highest BCUT2D eigenvalue weighted by Crippen LogP contribution is 2.43. The third-order valence-corrected chi connectivity index (χ3v) is 4.41. The maximum absolute atomic E-state index is 13.2. The van der Waals surface area contributed by atoms with Crippen LogP contribution in [-0.2, 0) is 24.5 Å². The van der Waals surface area contributed by atoms with Crippen LogP contribution in [0.4, 0.5) is 16.2 Å². The first-order valence-electron chi connectivity index (χ1n) is 9.00. The van der Waals surface area contributed by atoms with Crippen LogP contribution < -0.4 is 0 Å². The first kappa shape index (κ1) is 22.7. The number of nitro benzene ring substituents is 2. The maximum Gasteiger partial charge on any atom is 0.417 e. The number of amides is 2. The molecular weight excluding hydrogens is 402 g/mol. The first-order chi connectivity index (χ1) is 13.8. The summed E-state index contributed by atoms with van der Waals surface area (Å²) in [4.78, 5) is 60.1. The molecule has 30 heavy (non-hydrogen) atoms. The minimum Gasteiger partial charge on any atom is -0.465 e. The lowest BCUT2D eigenvalue weighted by atomic mass is 9.78. The fourth-order valence-corrected chi connectivity index (χ4v) is 3.16. The number of non-ortho nitro benzene ring substituents is 1. The third kappa shape index (κ3) is 4.07. The Balaban J connectivity index is 2.65. The number of hydrogen-bond acceptors (Lipinski definition) is 9. The molecule has 1 fully saturated rings. The minimum absolute atomic E-state index is 0.124. The average Bonchev–Trinajstić information content (AvgIpc) is 2.98. The van der Waals surface area contributed by atoms with E-state index in [9.17, 15) is 34.6 Å². The maximum atomic E-state index is 13.2. The molecule has 0 bridgehead atoms. The Morgan fingerprint density at radius 3 is 2.33 bits per heavy atom. The van der Waals surface area contributed by atoms with Crippen molar-refractivity contribution in [3.8, 4) is 0 Å². The lowest BCUT2D eigenvalue weighted by Gasteiger charge is -2.27. The molecule has 1 heterocycles. The third-order valence-electron chi connectivity index (χ3n) is 4.41. The van der Waals surface area contributed by atoms with Crippen molar-refractivity contribution in [2.24, 2.45) is 0 Å². The van der Waals surface area contributed by atoms with Crippen molar-refractivity contribution >= 4 is 29.3 Å². The van der Waals surface area contributed by atoms with Gasteiger partial charge in [-0.15, -0.1) is 0 Å². The SMILES string of the molecule is CCOC(=O)[C@]1(c2ccc([N+](=O)[O-])cc2[N+](=O)[O-])CCN(C(=O)OC(C)(C)C)C1=O. The Hall–Kier alpha value is -3.57. The molecule has 2 amide bonds. The molecule has 0 aliphatic carbocycles. The van der Waals surface area contributed by atoms with E-state index in [-0.39, 0.29) is 25.1 Å². The fourth-order valence-electron chi connectivity index (χ4n) is 3.16. The van der Waals surface area contributed by atoms with Gasteiger partial charge < -0.3 is 9.47 Å². The summed E-state index contributed by atoms with van der Waals surface area (Å²) in [6.45, 7) is 5.88. The second-order valence-electron chi connectivity index (χ2n) is 7.53. The number of imide groups is 1. The van der Waals surface area contributed by atoms with Crippen molar-refractivity contribution in [3.05, 3.63) is 44.0 Å². The molecule has 1 aromatic rings. The van der Waals surface area contributed by atoms with Gasteiger partial charge in [-0.25, -0.2) is 9.69 Å². The van der Waals surface area contributed by atoms with Crippen LogP contribution in [0.25, 0.3) is 0 Å². The van der Waals surface area contributed by atoms with Gasteiger partial charge in [0.25, 0.3) is 17.3 Å². The van der Waals surface area contributed by atoms with Crippen molar-refractivity contribution in [1.29, 1.82) is 0 Å². The van der Waals surface area contributed by atoms with Gasteiger partial charge in [0.2, 0.25) is 0 Å². The molecule has 0 spiro atoms. The van der Waals surface area contributed by atoms with E-state index in [1.807, 2.05) is 0 Å². The molecule has 2 rings (SSSR count). The molecule has 1 saturated heterocycles. The van der Waals surface area contributed by atoms with Crippen molar-refractivity contribution < 1.29 is 33.7 Å². The van der Waals surface area contributed by atoms with E-state index in [0.29, 0.717) is 11.0 Å². The van der Waals surface area contributed by atoms with Crippen LogP contribution in [0.1, 0.15) is 39.7 Å². The molecule has 1 aromatic carbocycles. The molecule has 0 radical (unpaired) electrons. The van der Waals surface area contributed by atoms with E-state index in [2.05, 4.69) is 0 Å². The highest BCUT2D eigenvalue weighted by Gasteiger charge is 2.60. The number of carbonyl (C=O) groups excluding carboxylic acids is 3. The van der Waals surface area contributed by atoms with Crippen LogP contribution in [0.5, 0.6) is 0 Å². The van der Waals surface area contributed by atoms with E-state index in [0.717, 1.165) is 12.1 Å². The summed E-state index contributed by atoms with van der Waals surface area (Å²) in [5.41, 5.74) is -4.89. The van der Waals surface area contributed by atoms with Gasteiger partial charge in [0.15, 0.2) is 5.41 Å². The average molecular weight is 423 g/mol. The molecule has 12 heteroatoms. The van der Waals surface area contributed by atoms with Gasteiger partial charge in [-0.3, -0.25) is 29.8 Å². The van der Waals surface area contributed by atoms with Gasteiger partial charge in [0.05, 0.1) is 28.1 Å². The van der Waals surface area contributed by atoms with Crippen LogP contribution in [0.15, 0.2) is 18.2 Å². The molecular formula is C18H21N3O9. The summed E-state index contributed by atoms with van der Waals surface area (Å²) in [7, 11) is 0. The Labute approximate surface area is 171 Å². The summed E-state index contributed by atoms with van der Waals surface area (Å²) < 4.78 is 10.2. The number of benzene rings is 1. The Morgan fingerprint density at radius 2 is 1.83 bits per heavy atom. The smallest absolute Gasteiger partial charge is 0.417 e.